The van der Waals surface area contributed by atoms with Gasteiger partial charge in [0, 0.05) is 5.41 Å². The Labute approximate surface area is 98.7 Å². The summed E-state index contributed by atoms with van der Waals surface area (Å²) in [5, 5.41) is 37.3. The number of nitriles is 4. The molecular formula is C13H8N4. The van der Waals surface area contributed by atoms with Crippen LogP contribution in [0, 0.1) is 85.2 Å². The topological polar surface area (TPSA) is 95.2 Å². The lowest BCUT2D eigenvalue weighted by atomic mass is 9.37. The molecule has 0 saturated heterocycles. The van der Waals surface area contributed by atoms with Crippen molar-refractivity contribution in [2.24, 2.45) is 39.9 Å². The van der Waals surface area contributed by atoms with Crippen LogP contribution in [-0.4, -0.2) is 0 Å². The lowest BCUT2D eigenvalue weighted by Gasteiger charge is -2.57. The van der Waals surface area contributed by atoms with Crippen molar-refractivity contribution in [1.82, 2.24) is 0 Å². The van der Waals surface area contributed by atoms with Crippen LogP contribution in [-0.2, 0) is 0 Å². The van der Waals surface area contributed by atoms with Crippen LogP contribution in [0.4, 0.5) is 0 Å². The Kier molecular flexibility index (Phi) is 1.08. The van der Waals surface area contributed by atoms with E-state index in [4.69, 9.17) is 0 Å². The SMILES string of the molecule is N#CC1(C#N)CC2(CC3[C@@H]4C2[C@H]34)C1(C#N)C#N. The monoisotopic (exact) mass is 220 g/mol. The summed E-state index contributed by atoms with van der Waals surface area (Å²) in [6.07, 6.45) is 1.32. The van der Waals surface area contributed by atoms with Crippen LogP contribution in [0.15, 0.2) is 0 Å². The minimum absolute atomic E-state index is 0.331. The molecule has 0 aromatic carbocycles. The first kappa shape index (κ1) is 9.04. The van der Waals surface area contributed by atoms with Gasteiger partial charge in [0.15, 0.2) is 10.8 Å². The molecule has 0 aromatic rings. The average molecular weight is 220 g/mol. The van der Waals surface area contributed by atoms with E-state index in [1.54, 1.807) is 0 Å². The van der Waals surface area contributed by atoms with E-state index in [1.807, 2.05) is 12.1 Å². The molecule has 5 atom stereocenters. The molecule has 5 fully saturated rings. The van der Waals surface area contributed by atoms with Crippen molar-refractivity contribution in [1.29, 1.82) is 21.0 Å². The summed E-state index contributed by atoms with van der Waals surface area (Å²) in [5.41, 5.74) is -3.11. The van der Waals surface area contributed by atoms with Crippen LogP contribution < -0.4 is 0 Å². The third kappa shape index (κ3) is 0.537. The van der Waals surface area contributed by atoms with Gasteiger partial charge < -0.3 is 0 Å². The zero-order valence-corrected chi connectivity index (χ0v) is 9.01. The predicted octanol–water partition coefficient (Wildman–Crippen LogP) is 1.34. The largest absolute Gasteiger partial charge is 0.196 e. The molecule has 4 nitrogen and oxygen atoms in total. The summed E-state index contributed by atoms with van der Waals surface area (Å²) in [5.74, 6) is 2.58. The molecule has 0 aromatic heterocycles. The first-order chi connectivity index (χ1) is 8.17. The van der Waals surface area contributed by atoms with Crippen LogP contribution in [0.1, 0.15) is 12.8 Å². The van der Waals surface area contributed by atoms with Gasteiger partial charge in [-0.2, -0.15) is 21.0 Å². The molecule has 80 valence electrons. The quantitative estimate of drug-likeness (QED) is 0.615. The minimum Gasteiger partial charge on any atom is -0.196 e. The van der Waals surface area contributed by atoms with Crippen molar-refractivity contribution in [2.75, 3.05) is 0 Å². The van der Waals surface area contributed by atoms with Gasteiger partial charge in [0.1, 0.15) is 0 Å². The number of hydrogen-bond donors (Lipinski definition) is 0. The molecule has 2 bridgehead atoms. The Bertz CT molecular complexity index is 577. The molecule has 0 amide bonds. The van der Waals surface area contributed by atoms with Crippen molar-refractivity contribution in [3.63, 3.8) is 0 Å². The Morgan fingerprint density at radius 3 is 1.82 bits per heavy atom. The van der Waals surface area contributed by atoms with Gasteiger partial charge in [0.25, 0.3) is 0 Å². The van der Waals surface area contributed by atoms with E-state index in [1.165, 1.54) is 0 Å². The smallest absolute Gasteiger partial charge is 0.181 e. The van der Waals surface area contributed by atoms with E-state index in [0.29, 0.717) is 30.1 Å². The molecule has 0 radical (unpaired) electrons. The first-order valence-electron chi connectivity index (χ1n) is 5.82. The van der Waals surface area contributed by atoms with Crippen molar-refractivity contribution in [2.45, 2.75) is 12.8 Å². The normalized spacial score (nSPS) is 52.0. The van der Waals surface area contributed by atoms with Crippen molar-refractivity contribution >= 4 is 0 Å². The molecule has 17 heavy (non-hydrogen) atoms. The molecule has 5 saturated carbocycles. The first-order valence-corrected chi connectivity index (χ1v) is 5.82. The molecule has 3 unspecified atom stereocenters. The van der Waals surface area contributed by atoms with Crippen LogP contribution >= 0.6 is 0 Å². The highest BCUT2D eigenvalue weighted by molar-refractivity contribution is 5.52. The number of rotatable bonds is 0. The molecule has 4 heteroatoms. The number of hydrogen-bond acceptors (Lipinski definition) is 4. The van der Waals surface area contributed by atoms with Crippen molar-refractivity contribution in [3.8, 4) is 24.3 Å². The van der Waals surface area contributed by atoms with E-state index >= 15 is 0 Å². The third-order valence-corrected chi connectivity index (χ3v) is 5.90. The standard InChI is InChI=1S/C13H8N4/c14-3-11(4-15)2-12(13(11,5-16)6-17)1-7-8-9(7)10(8)12/h7-10H,1-2H2/t7?,8-,9+,10?,12?. The van der Waals surface area contributed by atoms with E-state index in [-0.39, 0.29) is 5.41 Å². The molecule has 5 aliphatic rings. The van der Waals surface area contributed by atoms with Gasteiger partial charge in [-0.15, -0.1) is 0 Å². The molecule has 0 heterocycles. The maximum atomic E-state index is 9.43. The number of nitrogens with zero attached hydrogens (tertiary/aromatic N) is 4. The fourth-order valence-corrected chi connectivity index (χ4v) is 5.10. The Morgan fingerprint density at radius 1 is 0.882 bits per heavy atom. The molecule has 5 aliphatic carbocycles. The Balaban J connectivity index is 1.89. The lowest BCUT2D eigenvalue weighted by Crippen LogP contribution is -2.63. The van der Waals surface area contributed by atoms with Gasteiger partial charge in [0.2, 0.25) is 0 Å². The minimum atomic E-state index is -1.40. The second-order valence-corrected chi connectivity index (χ2v) is 5.98. The maximum absolute atomic E-state index is 9.43. The van der Waals surface area contributed by atoms with Crippen LogP contribution in [0.5, 0.6) is 0 Å². The highest BCUT2D eigenvalue weighted by Gasteiger charge is 2.95. The summed E-state index contributed by atoms with van der Waals surface area (Å²) < 4.78 is 0. The average Bonchev–Trinajstić information content (AvgIpc) is 3.17. The Morgan fingerprint density at radius 2 is 1.47 bits per heavy atom. The third-order valence-electron chi connectivity index (χ3n) is 5.90. The maximum Gasteiger partial charge on any atom is 0.181 e. The van der Waals surface area contributed by atoms with E-state index in [9.17, 15) is 21.0 Å². The summed E-state index contributed by atoms with van der Waals surface area (Å²) in [4.78, 5) is 0. The zero-order valence-electron chi connectivity index (χ0n) is 9.01. The molecule has 0 aliphatic heterocycles. The second-order valence-electron chi connectivity index (χ2n) is 5.98. The van der Waals surface area contributed by atoms with E-state index in [0.717, 1.165) is 6.42 Å². The highest BCUT2D eigenvalue weighted by Crippen LogP contribution is 2.95. The summed E-state index contributed by atoms with van der Waals surface area (Å²) in [6.45, 7) is 0. The molecule has 1 spiro atoms. The van der Waals surface area contributed by atoms with Crippen LogP contribution in [0.2, 0.25) is 0 Å². The zero-order chi connectivity index (χ0) is 12.1. The summed E-state index contributed by atoms with van der Waals surface area (Å²) >= 11 is 0. The predicted molar refractivity (Wildman–Crippen MR) is 52.9 cm³/mol. The van der Waals surface area contributed by atoms with Gasteiger partial charge in [-0.05, 0) is 36.5 Å². The van der Waals surface area contributed by atoms with E-state index in [2.05, 4.69) is 12.1 Å². The van der Waals surface area contributed by atoms with Gasteiger partial charge in [0.05, 0.1) is 24.3 Å². The van der Waals surface area contributed by atoms with Gasteiger partial charge >= 0.3 is 0 Å². The van der Waals surface area contributed by atoms with E-state index < -0.39 is 10.8 Å². The summed E-state index contributed by atoms with van der Waals surface area (Å²) in [7, 11) is 0. The van der Waals surface area contributed by atoms with Crippen molar-refractivity contribution < 1.29 is 0 Å². The Hall–Kier alpha value is -2.04. The van der Waals surface area contributed by atoms with Crippen molar-refractivity contribution in [3.05, 3.63) is 0 Å². The molecule has 0 N–H and O–H groups in total. The summed E-state index contributed by atoms with van der Waals surface area (Å²) in [6, 6.07) is 8.01. The van der Waals surface area contributed by atoms with Gasteiger partial charge in [-0.3, -0.25) is 0 Å². The van der Waals surface area contributed by atoms with Crippen LogP contribution in [0.25, 0.3) is 0 Å². The fraction of sp³-hybridized carbons (Fsp3) is 0.692. The fourth-order valence-electron chi connectivity index (χ4n) is 5.10. The molecular weight excluding hydrogens is 212 g/mol. The lowest BCUT2D eigenvalue weighted by molar-refractivity contribution is -0.0817. The van der Waals surface area contributed by atoms with Gasteiger partial charge in [-0.25, -0.2) is 0 Å². The second kappa shape index (κ2) is 2.03. The van der Waals surface area contributed by atoms with Gasteiger partial charge in [-0.1, -0.05) is 0 Å². The van der Waals surface area contributed by atoms with Crippen LogP contribution in [0.3, 0.4) is 0 Å². The molecule has 5 rings (SSSR count). The highest BCUT2D eigenvalue weighted by atomic mass is 15.0.